The van der Waals surface area contributed by atoms with Crippen molar-refractivity contribution in [3.8, 4) is 28.6 Å². The molecule has 0 bridgehead atoms. The summed E-state index contributed by atoms with van der Waals surface area (Å²) in [6.45, 7) is 7.25. The van der Waals surface area contributed by atoms with Gasteiger partial charge in [0.05, 0.1) is 29.7 Å². The number of aliphatic hydroxyl groups is 2. The van der Waals surface area contributed by atoms with Crippen LogP contribution in [0.4, 0.5) is 4.39 Å². The first-order chi connectivity index (χ1) is 29.6. The molecule has 0 saturated heterocycles. The fourth-order valence-corrected chi connectivity index (χ4v) is 8.22. The van der Waals surface area contributed by atoms with Crippen molar-refractivity contribution >= 4 is 23.3 Å². The zero-order valence-electron chi connectivity index (χ0n) is 36.9. The Hall–Kier alpha value is -4.97. The number of halogens is 2. The van der Waals surface area contributed by atoms with Crippen LogP contribution in [0.3, 0.4) is 0 Å². The monoisotopic (exact) mass is 870 g/mol. The van der Waals surface area contributed by atoms with E-state index in [9.17, 15) is 24.7 Å². The number of alkyl halides is 2. The Morgan fingerprint density at radius 2 is 1.45 bits per heavy atom. The van der Waals surface area contributed by atoms with E-state index in [0.29, 0.717) is 24.4 Å². The van der Waals surface area contributed by atoms with Crippen LogP contribution in [-0.2, 0) is 47.6 Å². The lowest BCUT2D eigenvalue weighted by molar-refractivity contribution is -0.248. The predicted molar refractivity (Wildman–Crippen MR) is 238 cm³/mol. The highest BCUT2D eigenvalue weighted by molar-refractivity contribution is 6.29. The Labute approximate surface area is 369 Å². The third kappa shape index (κ3) is 11.2. The van der Waals surface area contributed by atoms with E-state index in [1.807, 2.05) is 61.8 Å². The zero-order chi connectivity index (χ0) is 45.2. The summed E-state index contributed by atoms with van der Waals surface area (Å²) in [7, 11) is 3.77. The summed E-state index contributed by atoms with van der Waals surface area (Å²) >= 11 is 7.06. The zero-order valence-corrected chi connectivity index (χ0v) is 37.6. The van der Waals surface area contributed by atoms with E-state index >= 15 is 4.79 Å². The second kappa shape index (κ2) is 21.4. The van der Waals surface area contributed by atoms with Crippen LogP contribution in [0.2, 0.25) is 0 Å². The molecule has 2 aromatic carbocycles. The lowest BCUT2D eigenvalue weighted by Crippen LogP contribution is -2.56. The minimum atomic E-state index is -2.08. The number of benzene rings is 2. The van der Waals surface area contributed by atoms with Gasteiger partial charge in [0.1, 0.15) is 12.5 Å². The molecule has 62 heavy (non-hydrogen) atoms. The third-order valence-corrected chi connectivity index (χ3v) is 11.5. The molecule has 2 N–H and O–H groups in total. The fraction of sp³-hybridized carbons (Fsp3) is 0.479. The highest BCUT2D eigenvalue weighted by atomic mass is 35.5. The van der Waals surface area contributed by atoms with E-state index in [-0.39, 0.29) is 37.4 Å². The number of imidazole rings is 2. The minimum absolute atomic E-state index is 0.0723. The molecule has 0 spiro atoms. The molecule has 2 heterocycles. The maximum atomic E-state index is 15.2. The summed E-state index contributed by atoms with van der Waals surface area (Å²) in [5.41, 5.74) is 5.11. The van der Waals surface area contributed by atoms with Gasteiger partial charge < -0.3 is 33.7 Å². The maximum absolute atomic E-state index is 15.2. The number of Topliss-reactive ketones (excluding diaryl/α,β-unsaturated/α-hetero) is 1. The molecule has 14 heteroatoms. The number of aliphatic hydroxyl groups excluding tert-OH is 2. The Morgan fingerprint density at radius 3 is 1.92 bits per heavy atom. The molecule has 5 rings (SSSR count). The SMILES string of the molecule is CCCCc1nc(-c2ccc(CC(CCO)N(C(=O)C3=CC(Cl)(C#N)C(OC(C)C)(O[C@H](C)CF)C=C3)C(CCO)Cc3ccc(-c4cn(C)c(C(C)=O)n4)cc3)cc2)cn1C. The van der Waals surface area contributed by atoms with Crippen molar-refractivity contribution in [3.05, 3.63) is 108 Å². The Bertz CT molecular complexity index is 2250. The summed E-state index contributed by atoms with van der Waals surface area (Å²) in [6, 6.07) is 16.6. The van der Waals surface area contributed by atoms with Gasteiger partial charge >= 0.3 is 0 Å². The number of nitriles is 1. The molecule has 4 aromatic rings. The number of aryl methyl sites for hydroxylation is 3. The van der Waals surface area contributed by atoms with E-state index in [4.69, 9.17) is 26.1 Å². The number of carbonyl (C=O) groups excluding carboxylic acids is 2. The van der Waals surface area contributed by atoms with E-state index in [2.05, 4.69) is 22.5 Å². The first-order valence-electron chi connectivity index (χ1n) is 21.3. The van der Waals surface area contributed by atoms with Gasteiger partial charge in [-0.3, -0.25) is 9.59 Å². The summed E-state index contributed by atoms with van der Waals surface area (Å²) in [5, 5.41) is 31.6. The number of rotatable bonds is 22. The molecule has 332 valence electrons. The molecule has 12 nitrogen and oxygen atoms in total. The minimum Gasteiger partial charge on any atom is -0.396 e. The van der Waals surface area contributed by atoms with Gasteiger partial charge in [-0.1, -0.05) is 73.5 Å². The first-order valence-corrected chi connectivity index (χ1v) is 21.7. The smallest absolute Gasteiger partial charge is 0.254 e. The topological polar surface area (TPSA) is 156 Å². The number of ether oxygens (including phenoxy) is 2. The Kier molecular flexibility index (Phi) is 16.6. The molecule has 0 radical (unpaired) electrons. The molecule has 0 aliphatic heterocycles. The molecule has 4 unspecified atom stereocenters. The van der Waals surface area contributed by atoms with Crippen LogP contribution >= 0.6 is 11.6 Å². The number of amides is 1. The lowest BCUT2D eigenvalue weighted by atomic mass is 9.87. The van der Waals surface area contributed by atoms with Crippen LogP contribution in [0.15, 0.2) is 84.7 Å². The lowest BCUT2D eigenvalue weighted by Gasteiger charge is -2.44. The molecule has 1 aliphatic carbocycles. The highest BCUT2D eigenvalue weighted by Crippen LogP contribution is 2.43. The normalized spacial score (nSPS) is 18.9. The van der Waals surface area contributed by atoms with E-state index < -0.39 is 47.5 Å². The number of aromatic nitrogens is 4. The van der Waals surface area contributed by atoms with E-state index in [0.717, 1.165) is 53.0 Å². The van der Waals surface area contributed by atoms with Crippen molar-refractivity contribution in [2.75, 3.05) is 19.9 Å². The van der Waals surface area contributed by atoms with Crippen LogP contribution in [-0.4, -0.2) is 101 Å². The highest BCUT2D eigenvalue weighted by Gasteiger charge is 2.55. The van der Waals surface area contributed by atoms with Gasteiger partial charge in [0, 0.05) is 81.8 Å². The van der Waals surface area contributed by atoms with E-state index in [1.54, 1.807) is 36.6 Å². The molecule has 0 fully saturated rings. The van der Waals surface area contributed by atoms with Crippen molar-refractivity contribution in [1.82, 2.24) is 24.0 Å². The van der Waals surface area contributed by atoms with Crippen molar-refractivity contribution in [1.29, 1.82) is 5.26 Å². The summed E-state index contributed by atoms with van der Waals surface area (Å²) < 4.78 is 29.7. The number of hydrogen-bond acceptors (Lipinski definition) is 9. The molecular weight excluding hydrogens is 811 g/mol. The average Bonchev–Trinajstić information content (AvgIpc) is 3.83. The van der Waals surface area contributed by atoms with Crippen molar-refractivity contribution in [3.63, 3.8) is 0 Å². The second-order valence-electron chi connectivity index (χ2n) is 16.4. The van der Waals surface area contributed by atoms with Gasteiger partial charge in [-0.25, -0.2) is 14.4 Å². The van der Waals surface area contributed by atoms with Crippen LogP contribution in [0.1, 0.15) is 87.9 Å². The average molecular weight is 871 g/mol. The Morgan fingerprint density at radius 1 is 0.903 bits per heavy atom. The maximum Gasteiger partial charge on any atom is 0.254 e. The van der Waals surface area contributed by atoms with Gasteiger partial charge in [-0.15, -0.1) is 0 Å². The molecule has 0 saturated carbocycles. The number of carbonyl (C=O) groups is 2. The Balaban J connectivity index is 1.54. The third-order valence-electron chi connectivity index (χ3n) is 11.1. The van der Waals surface area contributed by atoms with Gasteiger partial charge in [-0.2, -0.15) is 5.26 Å². The standard InChI is InChI=1S/C48H60ClFN6O6/c1-8-9-10-44-52-42(29-54(44)6)37-15-11-35(12-16-37)25-40(20-23-57)56(46(60)39-19-22-48(61-32(2)3,62-33(4)28-50)47(49,27-39)31-51)41(21-24-58)26-36-13-17-38(18-14-36)43-30-55(7)45(53-43)34(5)59/h11-19,22,27,29-30,32-33,40-41,57-58H,8-10,20-21,23-26,28H2,1-7H3/t33-,40?,41?,47?,48?/m1/s1. The van der Waals surface area contributed by atoms with Crippen molar-refractivity contribution < 1.29 is 33.7 Å². The van der Waals surface area contributed by atoms with Gasteiger partial charge in [0.2, 0.25) is 10.7 Å². The van der Waals surface area contributed by atoms with E-state index in [1.165, 1.54) is 32.1 Å². The number of nitrogens with zero attached hydrogens (tertiary/aromatic N) is 6. The number of unbranched alkanes of at least 4 members (excludes halogenated alkanes) is 1. The van der Waals surface area contributed by atoms with Crippen LogP contribution in [0.5, 0.6) is 0 Å². The molecular formula is C48H60ClFN6O6. The van der Waals surface area contributed by atoms with Crippen LogP contribution in [0.25, 0.3) is 22.5 Å². The van der Waals surface area contributed by atoms with Crippen LogP contribution < -0.4 is 0 Å². The van der Waals surface area contributed by atoms with Gasteiger partial charge in [-0.05, 0) is 82.2 Å². The van der Waals surface area contributed by atoms with Crippen molar-refractivity contribution in [2.45, 2.75) is 115 Å². The fourth-order valence-electron chi connectivity index (χ4n) is 7.95. The quantitative estimate of drug-likeness (QED) is 0.0461. The van der Waals surface area contributed by atoms with Crippen molar-refractivity contribution in [2.24, 2.45) is 14.1 Å². The first kappa shape index (κ1) is 48.1. The second-order valence-corrected chi connectivity index (χ2v) is 17.0. The summed E-state index contributed by atoms with van der Waals surface area (Å²) in [5.74, 6) is -1.18. The van der Waals surface area contributed by atoms with Gasteiger partial charge in [0.25, 0.3) is 5.91 Å². The number of hydrogen-bond donors (Lipinski definition) is 2. The predicted octanol–water partition coefficient (Wildman–Crippen LogP) is 7.64. The molecule has 5 atom stereocenters. The molecule has 1 amide bonds. The van der Waals surface area contributed by atoms with Crippen LogP contribution in [0, 0.1) is 11.3 Å². The van der Waals surface area contributed by atoms with Gasteiger partial charge in [0.15, 0.2) is 11.6 Å². The largest absolute Gasteiger partial charge is 0.396 e. The number of ketones is 1. The molecule has 1 aliphatic rings. The molecule has 2 aromatic heterocycles. The summed E-state index contributed by atoms with van der Waals surface area (Å²) in [6.07, 6.45) is 10.6. The summed E-state index contributed by atoms with van der Waals surface area (Å²) in [4.78, 5) is 36.3.